The topological polar surface area (TPSA) is 79.4 Å². The Labute approximate surface area is 196 Å². The Hall–Kier alpha value is -2.62. The molecule has 0 bridgehead atoms. The van der Waals surface area contributed by atoms with Gasteiger partial charge in [-0.05, 0) is 50.2 Å². The van der Waals surface area contributed by atoms with Crippen molar-refractivity contribution in [3.8, 4) is 11.5 Å². The zero-order valence-corrected chi connectivity index (χ0v) is 20.5. The van der Waals surface area contributed by atoms with E-state index in [1.807, 2.05) is 37.1 Å². The lowest BCUT2D eigenvalue weighted by Gasteiger charge is -2.36. The maximum Gasteiger partial charge on any atom is 0.243 e. The molecule has 9 heteroatoms. The van der Waals surface area contributed by atoms with Gasteiger partial charge in [0.25, 0.3) is 0 Å². The Morgan fingerprint density at radius 2 is 1.64 bits per heavy atom. The van der Waals surface area contributed by atoms with Gasteiger partial charge in [-0.3, -0.25) is 9.69 Å². The molecule has 0 aromatic heterocycles. The van der Waals surface area contributed by atoms with Crippen molar-refractivity contribution in [2.45, 2.75) is 24.3 Å². The minimum Gasteiger partial charge on any atom is -0.493 e. The number of hydrogen-bond acceptors (Lipinski definition) is 6. The van der Waals surface area contributed by atoms with Crippen LogP contribution in [0.4, 0.5) is 0 Å². The second-order valence-electron chi connectivity index (χ2n) is 8.14. The quantitative estimate of drug-likeness (QED) is 0.553. The van der Waals surface area contributed by atoms with E-state index in [0.717, 1.165) is 12.0 Å². The third-order valence-corrected chi connectivity index (χ3v) is 8.06. The maximum atomic E-state index is 13.0. The Bertz CT molecular complexity index is 1040. The molecule has 1 aliphatic rings. The number of ether oxygens (including phenoxy) is 2. The predicted molar refractivity (Wildman–Crippen MR) is 127 cm³/mol. The van der Waals surface area contributed by atoms with Crippen molar-refractivity contribution in [1.82, 2.24) is 14.1 Å². The van der Waals surface area contributed by atoms with Crippen molar-refractivity contribution in [3.63, 3.8) is 0 Å². The van der Waals surface area contributed by atoms with Gasteiger partial charge in [-0.25, -0.2) is 8.42 Å². The van der Waals surface area contributed by atoms with E-state index in [-0.39, 0.29) is 16.8 Å². The third kappa shape index (κ3) is 5.85. The molecule has 0 spiro atoms. The molecular weight excluding hydrogens is 442 g/mol. The van der Waals surface area contributed by atoms with Crippen molar-refractivity contribution in [2.24, 2.45) is 0 Å². The number of methoxy groups -OCH3 is 2. The minimum absolute atomic E-state index is 0.0153. The predicted octanol–water partition coefficient (Wildman–Crippen LogP) is 2.10. The third-order valence-electron chi connectivity index (χ3n) is 6.15. The molecular formula is C24H33N3O5S. The highest BCUT2D eigenvalue weighted by molar-refractivity contribution is 7.89. The van der Waals surface area contributed by atoms with Gasteiger partial charge in [0.15, 0.2) is 11.5 Å². The van der Waals surface area contributed by atoms with Crippen molar-refractivity contribution >= 4 is 15.9 Å². The van der Waals surface area contributed by atoms with E-state index in [0.29, 0.717) is 44.2 Å². The summed E-state index contributed by atoms with van der Waals surface area (Å²) in [5.74, 6) is 1.39. The Kier molecular flexibility index (Phi) is 8.34. The largest absolute Gasteiger partial charge is 0.493 e. The SMILES string of the molecule is COc1ccc(CCN(C)[C@@H](C)C(=O)N2CCN(S(=O)(=O)c3ccccc3)CC2)cc1OC. The van der Waals surface area contributed by atoms with E-state index in [9.17, 15) is 13.2 Å². The molecule has 2 aromatic carbocycles. The van der Waals surface area contributed by atoms with Crippen LogP contribution in [0.1, 0.15) is 12.5 Å². The number of likely N-dealkylation sites (N-methyl/N-ethyl adjacent to an activating group) is 1. The molecule has 0 saturated carbocycles. The summed E-state index contributed by atoms with van der Waals surface area (Å²) in [5.41, 5.74) is 1.10. The van der Waals surface area contributed by atoms with E-state index < -0.39 is 10.0 Å². The first-order valence-electron chi connectivity index (χ1n) is 11.0. The molecule has 3 rings (SSSR count). The lowest BCUT2D eigenvalue weighted by atomic mass is 10.1. The van der Waals surface area contributed by atoms with Crippen LogP contribution in [-0.2, 0) is 21.2 Å². The molecule has 8 nitrogen and oxygen atoms in total. The second kappa shape index (κ2) is 11.0. The van der Waals surface area contributed by atoms with Gasteiger partial charge in [-0.1, -0.05) is 24.3 Å². The molecule has 0 N–H and O–H groups in total. The molecule has 0 aliphatic carbocycles. The van der Waals surface area contributed by atoms with Crippen LogP contribution in [0.5, 0.6) is 11.5 Å². The van der Waals surface area contributed by atoms with Gasteiger partial charge in [-0.15, -0.1) is 0 Å². The molecule has 1 aliphatic heterocycles. The van der Waals surface area contributed by atoms with E-state index in [1.54, 1.807) is 49.5 Å². The summed E-state index contributed by atoms with van der Waals surface area (Å²) in [6.45, 7) is 3.96. The first-order valence-corrected chi connectivity index (χ1v) is 12.5. The Morgan fingerprint density at radius 1 is 1.00 bits per heavy atom. The smallest absolute Gasteiger partial charge is 0.243 e. The fourth-order valence-electron chi connectivity index (χ4n) is 3.88. The summed E-state index contributed by atoms with van der Waals surface area (Å²) in [7, 11) is 1.62. The maximum absolute atomic E-state index is 13.0. The van der Waals surface area contributed by atoms with Crippen molar-refractivity contribution in [3.05, 3.63) is 54.1 Å². The first kappa shape index (κ1) is 25.0. The van der Waals surface area contributed by atoms with Gasteiger partial charge < -0.3 is 14.4 Å². The van der Waals surface area contributed by atoms with Gasteiger partial charge in [0.05, 0.1) is 25.2 Å². The number of benzene rings is 2. The molecule has 1 fully saturated rings. The van der Waals surface area contributed by atoms with E-state index >= 15 is 0 Å². The highest BCUT2D eigenvalue weighted by Gasteiger charge is 2.32. The van der Waals surface area contributed by atoms with Crippen LogP contribution in [0.15, 0.2) is 53.4 Å². The number of piperazine rings is 1. The molecule has 33 heavy (non-hydrogen) atoms. The number of amides is 1. The van der Waals surface area contributed by atoms with Gasteiger partial charge in [-0.2, -0.15) is 4.31 Å². The summed E-state index contributed by atoms with van der Waals surface area (Å²) in [4.78, 5) is 17.1. The first-order chi connectivity index (χ1) is 15.8. The molecule has 1 amide bonds. The van der Waals surface area contributed by atoms with Crippen LogP contribution in [0.25, 0.3) is 0 Å². The molecule has 0 radical (unpaired) electrons. The van der Waals surface area contributed by atoms with Gasteiger partial charge in [0.1, 0.15) is 0 Å². The van der Waals surface area contributed by atoms with Crippen LogP contribution in [0.2, 0.25) is 0 Å². The average Bonchev–Trinajstić information content (AvgIpc) is 2.86. The number of sulfonamides is 1. The summed E-state index contributed by atoms with van der Waals surface area (Å²) in [6, 6.07) is 13.9. The standard InChI is InChI=1S/C24H33N3O5S/c1-19(25(2)13-12-20-10-11-22(31-3)23(18-20)32-4)24(28)26-14-16-27(17-15-26)33(29,30)21-8-6-5-7-9-21/h5-11,18-19H,12-17H2,1-4H3/t19-/m0/s1. The number of carbonyl (C=O) groups is 1. The number of hydrogen-bond donors (Lipinski definition) is 0. The molecule has 1 atom stereocenters. The van der Waals surface area contributed by atoms with E-state index in [4.69, 9.17) is 9.47 Å². The van der Waals surface area contributed by atoms with Crippen LogP contribution < -0.4 is 9.47 Å². The molecule has 0 unspecified atom stereocenters. The lowest BCUT2D eigenvalue weighted by molar-refractivity contribution is -0.137. The van der Waals surface area contributed by atoms with E-state index in [1.165, 1.54) is 4.31 Å². The average molecular weight is 476 g/mol. The Balaban J connectivity index is 1.53. The number of nitrogens with zero attached hydrogens (tertiary/aromatic N) is 3. The van der Waals surface area contributed by atoms with Gasteiger partial charge >= 0.3 is 0 Å². The fourth-order valence-corrected chi connectivity index (χ4v) is 5.32. The summed E-state index contributed by atoms with van der Waals surface area (Å²) in [6.07, 6.45) is 0.761. The lowest BCUT2D eigenvalue weighted by Crippen LogP contribution is -2.54. The Morgan fingerprint density at radius 3 is 2.24 bits per heavy atom. The molecule has 1 saturated heterocycles. The number of carbonyl (C=O) groups excluding carboxylic acids is 1. The summed E-state index contributed by atoms with van der Waals surface area (Å²) >= 11 is 0. The van der Waals surface area contributed by atoms with Gasteiger partial charge in [0.2, 0.25) is 15.9 Å². The van der Waals surface area contributed by atoms with Crippen molar-refractivity contribution in [1.29, 1.82) is 0 Å². The van der Waals surface area contributed by atoms with E-state index in [2.05, 4.69) is 0 Å². The second-order valence-corrected chi connectivity index (χ2v) is 10.1. The summed E-state index contributed by atoms with van der Waals surface area (Å²) < 4.78 is 37.7. The highest BCUT2D eigenvalue weighted by atomic mass is 32.2. The zero-order chi connectivity index (χ0) is 24.0. The van der Waals surface area contributed by atoms with Crippen LogP contribution in [-0.4, -0.2) is 88.5 Å². The van der Waals surface area contributed by atoms with Crippen LogP contribution in [0.3, 0.4) is 0 Å². The minimum atomic E-state index is -3.53. The van der Waals surface area contributed by atoms with Crippen LogP contribution >= 0.6 is 0 Å². The molecule has 1 heterocycles. The normalized spacial score (nSPS) is 16.0. The fraction of sp³-hybridized carbons (Fsp3) is 0.458. The zero-order valence-electron chi connectivity index (χ0n) is 19.7. The molecule has 180 valence electrons. The monoisotopic (exact) mass is 475 g/mol. The van der Waals surface area contributed by atoms with Crippen molar-refractivity contribution in [2.75, 3.05) is 54.0 Å². The van der Waals surface area contributed by atoms with Crippen LogP contribution in [0, 0.1) is 0 Å². The van der Waals surface area contributed by atoms with Gasteiger partial charge in [0, 0.05) is 32.7 Å². The highest BCUT2D eigenvalue weighted by Crippen LogP contribution is 2.27. The van der Waals surface area contributed by atoms with Crippen molar-refractivity contribution < 1.29 is 22.7 Å². The number of rotatable bonds is 9. The molecule has 2 aromatic rings. The summed E-state index contributed by atoms with van der Waals surface area (Å²) in [5, 5.41) is 0.